The van der Waals surface area contributed by atoms with E-state index in [-0.39, 0.29) is 24.4 Å². The molecule has 2 heterocycles. The van der Waals surface area contributed by atoms with Crippen LogP contribution in [0.3, 0.4) is 0 Å². The van der Waals surface area contributed by atoms with Crippen LogP contribution in [0.1, 0.15) is 31.4 Å². The Labute approximate surface area is 144 Å². The van der Waals surface area contributed by atoms with Crippen LogP contribution in [0.25, 0.3) is 0 Å². The quantitative estimate of drug-likeness (QED) is 0.845. The maximum absolute atomic E-state index is 11.9. The number of carbonyl (C=O) groups excluding carboxylic acids is 2. The van der Waals surface area contributed by atoms with Crippen LogP contribution in [0.2, 0.25) is 0 Å². The standard InChI is InChI=1S/C17H20N4O2S/c1-12(19-11-15(22)20-17-18-7-9-24-17)13-4-2-5-14(10-13)21-8-3-6-16(21)23/h2,4-5,7,9-10,12,19H,3,6,8,11H2,1H3,(H,18,20,22)/t12-/m0/s1. The SMILES string of the molecule is C[C@H](NCC(=O)Nc1nccs1)c1cccc(N2CCCC2=O)c1. The van der Waals surface area contributed by atoms with Gasteiger partial charge in [-0.25, -0.2) is 4.98 Å². The second-order valence-corrected chi connectivity index (χ2v) is 6.63. The maximum atomic E-state index is 11.9. The smallest absolute Gasteiger partial charge is 0.240 e. The summed E-state index contributed by atoms with van der Waals surface area (Å²) in [6, 6.07) is 7.92. The third kappa shape index (κ3) is 3.98. The van der Waals surface area contributed by atoms with Crippen LogP contribution in [-0.4, -0.2) is 29.9 Å². The van der Waals surface area contributed by atoms with Crippen molar-refractivity contribution in [3.05, 3.63) is 41.4 Å². The molecular formula is C17H20N4O2S. The summed E-state index contributed by atoms with van der Waals surface area (Å²) in [6.45, 7) is 2.98. The molecule has 0 radical (unpaired) electrons. The molecule has 3 rings (SSSR count). The van der Waals surface area contributed by atoms with Gasteiger partial charge in [0.15, 0.2) is 5.13 Å². The van der Waals surface area contributed by atoms with Crippen LogP contribution in [-0.2, 0) is 9.59 Å². The molecule has 2 aromatic rings. The van der Waals surface area contributed by atoms with Gasteiger partial charge in [0.05, 0.1) is 6.54 Å². The van der Waals surface area contributed by atoms with E-state index >= 15 is 0 Å². The molecule has 0 spiro atoms. The highest BCUT2D eigenvalue weighted by molar-refractivity contribution is 7.13. The second kappa shape index (κ2) is 7.55. The molecule has 0 saturated carbocycles. The van der Waals surface area contributed by atoms with E-state index in [1.807, 2.05) is 41.5 Å². The Morgan fingerprint density at radius 3 is 3.04 bits per heavy atom. The summed E-state index contributed by atoms with van der Waals surface area (Å²) >= 11 is 1.39. The summed E-state index contributed by atoms with van der Waals surface area (Å²) in [5.41, 5.74) is 1.98. The van der Waals surface area contributed by atoms with Gasteiger partial charge in [-0.15, -0.1) is 11.3 Å². The summed E-state index contributed by atoms with van der Waals surface area (Å²) in [7, 11) is 0. The average Bonchev–Trinajstić information content (AvgIpc) is 3.24. The van der Waals surface area contributed by atoms with Crippen molar-refractivity contribution < 1.29 is 9.59 Å². The van der Waals surface area contributed by atoms with E-state index in [4.69, 9.17) is 0 Å². The number of nitrogens with zero attached hydrogens (tertiary/aromatic N) is 2. The Balaban J connectivity index is 1.57. The van der Waals surface area contributed by atoms with Gasteiger partial charge < -0.3 is 15.5 Å². The van der Waals surface area contributed by atoms with E-state index in [0.29, 0.717) is 11.6 Å². The Morgan fingerprint density at radius 1 is 1.46 bits per heavy atom. The van der Waals surface area contributed by atoms with Crippen molar-refractivity contribution in [2.45, 2.75) is 25.8 Å². The van der Waals surface area contributed by atoms with Gasteiger partial charge in [0.25, 0.3) is 0 Å². The van der Waals surface area contributed by atoms with Crippen molar-refractivity contribution in [3.63, 3.8) is 0 Å². The maximum Gasteiger partial charge on any atom is 0.240 e. The van der Waals surface area contributed by atoms with Gasteiger partial charge in [-0.05, 0) is 31.0 Å². The number of thiazole rings is 1. The molecule has 1 aromatic heterocycles. The van der Waals surface area contributed by atoms with Gasteiger partial charge in [-0.1, -0.05) is 12.1 Å². The predicted octanol–water partition coefficient (Wildman–Crippen LogP) is 2.56. The molecule has 6 nitrogen and oxygen atoms in total. The lowest BCUT2D eigenvalue weighted by molar-refractivity contribution is -0.117. The minimum Gasteiger partial charge on any atom is -0.312 e. The van der Waals surface area contributed by atoms with E-state index in [1.54, 1.807) is 6.20 Å². The number of hydrogen-bond acceptors (Lipinski definition) is 5. The number of amides is 2. The second-order valence-electron chi connectivity index (χ2n) is 5.73. The molecule has 1 fully saturated rings. The van der Waals surface area contributed by atoms with Crippen LogP contribution in [0.4, 0.5) is 10.8 Å². The molecule has 126 valence electrons. The summed E-state index contributed by atoms with van der Waals surface area (Å²) in [4.78, 5) is 29.6. The van der Waals surface area contributed by atoms with Crippen LogP contribution >= 0.6 is 11.3 Å². The number of benzene rings is 1. The molecule has 0 bridgehead atoms. The molecule has 2 N–H and O–H groups in total. The third-order valence-electron chi connectivity index (χ3n) is 4.00. The number of rotatable bonds is 6. The van der Waals surface area contributed by atoms with Gasteiger partial charge in [0.1, 0.15) is 0 Å². The van der Waals surface area contributed by atoms with Crippen LogP contribution in [0, 0.1) is 0 Å². The molecule has 1 atom stereocenters. The highest BCUT2D eigenvalue weighted by atomic mass is 32.1. The monoisotopic (exact) mass is 344 g/mol. The molecule has 1 saturated heterocycles. The topological polar surface area (TPSA) is 74.3 Å². The average molecular weight is 344 g/mol. The first kappa shape index (κ1) is 16.6. The third-order valence-corrected chi connectivity index (χ3v) is 4.69. The van der Waals surface area contributed by atoms with Gasteiger partial charge in [0.2, 0.25) is 11.8 Å². The van der Waals surface area contributed by atoms with Crippen LogP contribution < -0.4 is 15.5 Å². The number of carbonyl (C=O) groups is 2. The van der Waals surface area contributed by atoms with Crippen molar-refractivity contribution in [2.75, 3.05) is 23.3 Å². The largest absolute Gasteiger partial charge is 0.312 e. The lowest BCUT2D eigenvalue weighted by Crippen LogP contribution is -2.30. The number of anilines is 2. The lowest BCUT2D eigenvalue weighted by Gasteiger charge is -2.19. The summed E-state index contributed by atoms with van der Waals surface area (Å²) < 4.78 is 0. The predicted molar refractivity (Wildman–Crippen MR) is 95.2 cm³/mol. The van der Waals surface area contributed by atoms with Gasteiger partial charge in [-0.3, -0.25) is 9.59 Å². The first-order valence-corrected chi connectivity index (χ1v) is 8.84. The fraction of sp³-hybridized carbons (Fsp3) is 0.353. The molecule has 1 aliphatic rings. The zero-order valence-electron chi connectivity index (χ0n) is 13.5. The highest BCUT2D eigenvalue weighted by Crippen LogP contribution is 2.24. The van der Waals surface area contributed by atoms with Gasteiger partial charge in [0, 0.05) is 36.3 Å². The number of nitrogens with one attached hydrogen (secondary N) is 2. The first-order valence-electron chi connectivity index (χ1n) is 7.96. The van der Waals surface area contributed by atoms with E-state index in [1.165, 1.54) is 11.3 Å². The molecule has 7 heteroatoms. The van der Waals surface area contributed by atoms with E-state index in [0.717, 1.165) is 24.2 Å². The van der Waals surface area contributed by atoms with Crippen molar-refractivity contribution in [3.8, 4) is 0 Å². The molecule has 0 unspecified atom stereocenters. The fourth-order valence-electron chi connectivity index (χ4n) is 2.70. The Bertz CT molecular complexity index is 717. The molecule has 24 heavy (non-hydrogen) atoms. The Hall–Kier alpha value is -2.25. The summed E-state index contributed by atoms with van der Waals surface area (Å²) in [6.07, 6.45) is 3.18. The number of hydrogen-bond donors (Lipinski definition) is 2. The number of aromatic nitrogens is 1. The van der Waals surface area contributed by atoms with Crippen molar-refractivity contribution in [1.29, 1.82) is 0 Å². The first-order chi connectivity index (χ1) is 11.6. The van der Waals surface area contributed by atoms with Crippen molar-refractivity contribution >= 4 is 34.0 Å². The Kier molecular flexibility index (Phi) is 5.22. The molecule has 2 amide bonds. The molecule has 1 aromatic carbocycles. The zero-order valence-corrected chi connectivity index (χ0v) is 14.3. The molecule has 0 aliphatic carbocycles. The fourth-order valence-corrected chi connectivity index (χ4v) is 3.24. The minimum absolute atomic E-state index is 0.00435. The van der Waals surface area contributed by atoms with Crippen LogP contribution in [0.5, 0.6) is 0 Å². The van der Waals surface area contributed by atoms with E-state index in [9.17, 15) is 9.59 Å². The highest BCUT2D eigenvalue weighted by Gasteiger charge is 2.22. The molecule has 1 aliphatic heterocycles. The normalized spacial score (nSPS) is 15.5. The van der Waals surface area contributed by atoms with Gasteiger partial charge in [-0.2, -0.15) is 0 Å². The van der Waals surface area contributed by atoms with E-state index < -0.39 is 0 Å². The lowest BCUT2D eigenvalue weighted by atomic mass is 10.1. The summed E-state index contributed by atoms with van der Waals surface area (Å²) in [5, 5.41) is 8.36. The molecular weight excluding hydrogens is 324 g/mol. The van der Waals surface area contributed by atoms with Crippen molar-refractivity contribution in [2.24, 2.45) is 0 Å². The van der Waals surface area contributed by atoms with Crippen molar-refractivity contribution in [1.82, 2.24) is 10.3 Å². The van der Waals surface area contributed by atoms with E-state index in [2.05, 4.69) is 15.6 Å². The van der Waals surface area contributed by atoms with Crippen LogP contribution in [0.15, 0.2) is 35.8 Å². The summed E-state index contributed by atoms with van der Waals surface area (Å²) in [5.74, 6) is 0.0539. The Morgan fingerprint density at radius 2 is 2.33 bits per heavy atom. The van der Waals surface area contributed by atoms with Gasteiger partial charge >= 0.3 is 0 Å². The minimum atomic E-state index is -0.123. The zero-order chi connectivity index (χ0) is 16.9.